The average molecular weight is 352 g/mol. The summed E-state index contributed by atoms with van der Waals surface area (Å²) >= 11 is 0. The van der Waals surface area contributed by atoms with Crippen LogP contribution in [0.3, 0.4) is 0 Å². The molecule has 0 saturated heterocycles. The number of hydrogen-bond acceptors (Lipinski definition) is 5. The van der Waals surface area contributed by atoms with Gasteiger partial charge in [0.15, 0.2) is 0 Å². The van der Waals surface area contributed by atoms with Crippen LogP contribution in [-0.2, 0) is 24.9 Å². The number of fused-ring (bicyclic) bond motifs is 1. The zero-order valence-corrected chi connectivity index (χ0v) is 14.5. The van der Waals surface area contributed by atoms with Crippen molar-refractivity contribution in [3.8, 4) is 0 Å². The number of rotatable bonds is 5. The van der Waals surface area contributed by atoms with Crippen molar-refractivity contribution in [3.63, 3.8) is 0 Å². The van der Waals surface area contributed by atoms with Gasteiger partial charge in [-0.1, -0.05) is 6.07 Å². The zero-order chi connectivity index (χ0) is 17.9. The minimum Gasteiger partial charge on any atom is -0.373 e. The van der Waals surface area contributed by atoms with Crippen LogP contribution in [0.25, 0.3) is 0 Å². The molecule has 1 aliphatic heterocycles. The molecule has 0 bridgehead atoms. The van der Waals surface area contributed by atoms with Crippen molar-refractivity contribution in [1.29, 1.82) is 0 Å². The normalized spacial score (nSPS) is 16.5. The SMILES string of the molecule is Cn1nccc1C(=O)N1Cc2cncn2C(COCc2ccccn2)C1. The number of nitrogens with zero attached hydrogens (tertiary/aromatic N) is 6. The molecule has 1 atom stereocenters. The molecule has 3 aromatic heterocycles. The van der Waals surface area contributed by atoms with Gasteiger partial charge in [-0.15, -0.1) is 0 Å². The molecule has 0 fully saturated rings. The molecule has 134 valence electrons. The van der Waals surface area contributed by atoms with E-state index in [9.17, 15) is 4.79 Å². The third-order valence-corrected chi connectivity index (χ3v) is 4.54. The van der Waals surface area contributed by atoms with Gasteiger partial charge in [0.05, 0.1) is 43.5 Å². The van der Waals surface area contributed by atoms with E-state index in [2.05, 4.69) is 19.6 Å². The lowest BCUT2D eigenvalue weighted by atomic mass is 10.2. The fourth-order valence-corrected chi connectivity index (χ4v) is 3.20. The maximum absolute atomic E-state index is 12.8. The summed E-state index contributed by atoms with van der Waals surface area (Å²) in [6.45, 7) is 2.02. The highest BCUT2D eigenvalue weighted by molar-refractivity contribution is 5.92. The lowest BCUT2D eigenvalue weighted by molar-refractivity contribution is 0.0467. The van der Waals surface area contributed by atoms with Crippen molar-refractivity contribution in [2.45, 2.75) is 19.2 Å². The Hall–Kier alpha value is -3.00. The second kappa shape index (κ2) is 7.09. The predicted molar refractivity (Wildman–Crippen MR) is 93.1 cm³/mol. The standard InChI is InChI=1S/C18H20N6O2/c1-22-17(5-7-21-22)18(25)23-9-15-8-19-13-24(15)16(10-23)12-26-11-14-4-2-3-6-20-14/h2-8,13,16H,9-12H2,1H3. The molecule has 0 radical (unpaired) electrons. The quantitative estimate of drug-likeness (QED) is 0.694. The van der Waals surface area contributed by atoms with E-state index in [1.54, 1.807) is 42.7 Å². The molecular weight excluding hydrogens is 332 g/mol. The molecule has 0 aliphatic carbocycles. The number of carbonyl (C=O) groups excluding carboxylic acids is 1. The third-order valence-electron chi connectivity index (χ3n) is 4.54. The molecule has 4 rings (SSSR count). The molecular formula is C18H20N6O2. The number of ether oxygens (including phenoxy) is 1. The minimum absolute atomic E-state index is 0.0159. The maximum Gasteiger partial charge on any atom is 0.272 e. The van der Waals surface area contributed by atoms with Gasteiger partial charge in [-0.25, -0.2) is 4.98 Å². The average Bonchev–Trinajstić information content (AvgIpc) is 3.30. The fraction of sp³-hybridized carbons (Fsp3) is 0.333. The van der Waals surface area contributed by atoms with Crippen LogP contribution in [0.5, 0.6) is 0 Å². The summed E-state index contributed by atoms with van der Waals surface area (Å²) in [6.07, 6.45) is 6.99. The van der Waals surface area contributed by atoms with Gasteiger partial charge in [0.2, 0.25) is 0 Å². The van der Waals surface area contributed by atoms with Crippen molar-refractivity contribution in [2.24, 2.45) is 7.05 Å². The van der Waals surface area contributed by atoms with E-state index in [0.29, 0.717) is 32.0 Å². The third kappa shape index (κ3) is 3.23. The van der Waals surface area contributed by atoms with Gasteiger partial charge in [-0.3, -0.25) is 14.5 Å². The van der Waals surface area contributed by atoms with Crippen LogP contribution in [0, 0.1) is 0 Å². The van der Waals surface area contributed by atoms with Crippen molar-refractivity contribution in [1.82, 2.24) is 29.2 Å². The second-order valence-electron chi connectivity index (χ2n) is 6.31. The summed E-state index contributed by atoms with van der Waals surface area (Å²) in [5.74, 6) is -0.0350. The highest BCUT2D eigenvalue weighted by Crippen LogP contribution is 2.23. The number of imidazole rings is 1. The van der Waals surface area contributed by atoms with Crippen molar-refractivity contribution in [3.05, 3.63) is 66.3 Å². The van der Waals surface area contributed by atoms with Crippen LogP contribution < -0.4 is 0 Å². The van der Waals surface area contributed by atoms with Gasteiger partial charge >= 0.3 is 0 Å². The molecule has 8 nitrogen and oxygen atoms in total. The smallest absolute Gasteiger partial charge is 0.272 e. The summed E-state index contributed by atoms with van der Waals surface area (Å²) in [7, 11) is 1.77. The number of hydrogen-bond donors (Lipinski definition) is 0. The molecule has 0 aromatic carbocycles. The van der Waals surface area contributed by atoms with Crippen LogP contribution >= 0.6 is 0 Å². The van der Waals surface area contributed by atoms with E-state index in [1.807, 2.05) is 23.1 Å². The first-order chi connectivity index (χ1) is 12.7. The monoisotopic (exact) mass is 352 g/mol. The summed E-state index contributed by atoms with van der Waals surface area (Å²) < 4.78 is 9.55. The number of aromatic nitrogens is 5. The highest BCUT2D eigenvalue weighted by atomic mass is 16.5. The number of carbonyl (C=O) groups is 1. The Labute approximate surface area is 151 Å². The number of aryl methyl sites for hydroxylation is 1. The first-order valence-electron chi connectivity index (χ1n) is 8.48. The maximum atomic E-state index is 12.8. The van der Waals surface area contributed by atoms with E-state index in [1.165, 1.54) is 0 Å². The summed E-state index contributed by atoms with van der Waals surface area (Å²) in [6, 6.07) is 7.50. The Morgan fingerprint density at radius 2 is 2.23 bits per heavy atom. The molecule has 1 aliphatic rings. The molecule has 8 heteroatoms. The Morgan fingerprint density at radius 3 is 3.00 bits per heavy atom. The Balaban J connectivity index is 1.46. The van der Waals surface area contributed by atoms with Crippen LogP contribution in [0.15, 0.2) is 49.2 Å². The summed E-state index contributed by atoms with van der Waals surface area (Å²) in [5, 5.41) is 4.09. The number of amides is 1. The van der Waals surface area contributed by atoms with E-state index >= 15 is 0 Å². The number of pyridine rings is 1. The topological polar surface area (TPSA) is 78.1 Å². The molecule has 0 saturated carbocycles. The van der Waals surface area contributed by atoms with Crippen LogP contribution in [-0.4, -0.2) is 48.3 Å². The summed E-state index contributed by atoms with van der Waals surface area (Å²) in [4.78, 5) is 23.2. The predicted octanol–water partition coefficient (Wildman–Crippen LogP) is 1.43. The molecule has 26 heavy (non-hydrogen) atoms. The van der Waals surface area contributed by atoms with Crippen molar-refractivity contribution >= 4 is 5.91 Å². The van der Waals surface area contributed by atoms with Crippen molar-refractivity contribution in [2.75, 3.05) is 13.2 Å². The molecule has 3 aromatic rings. The van der Waals surface area contributed by atoms with Gasteiger partial charge in [0.25, 0.3) is 5.91 Å². The van der Waals surface area contributed by atoms with Gasteiger partial charge in [0, 0.05) is 32.2 Å². The van der Waals surface area contributed by atoms with Gasteiger partial charge in [-0.05, 0) is 18.2 Å². The zero-order valence-electron chi connectivity index (χ0n) is 14.5. The Morgan fingerprint density at radius 1 is 1.31 bits per heavy atom. The van der Waals surface area contributed by atoms with E-state index in [0.717, 1.165) is 11.4 Å². The van der Waals surface area contributed by atoms with E-state index in [4.69, 9.17) is 4.74 Å². The Bertz CT molecular complexity index is 888. The van der Waals surface area contributed by atoms with E-state index < -0.39 is 0 Å². The summed E-state index contributed by atoms with van der Waals surface area (Å²) in [5.41, 5.74) is 2.46. The van der Waals surface area contributed by atoms with Crippen LogP contribution in [0.2, 0.25) is 0 Å². The van der Waals surface area contributed by atoms with Gasteiger partial charge < -0.3 is 14.2 Å². The minimum atomic E-state index is -0.0350. The second-order valence-corrected chi connectivity index (χ2v) is 6.31. The lowest BCUT2D eigenvalue weighted by Crippen LogP contribution is -2.42. The molecule has 1 unspecified atom stereocenters. The van der Waals surface area contributed by atoms with Gasteiger partial charge in [-0.2, -0.15) is 5.10 Å². The fourth-order valence-electron chi connectivity index (χ4n) is 3.20. The van der Waals surface area contributed by atoms with Gasteiger partial charge in [0.1, 0.15) is 5.69 Å². The first kappa shape index (κ1) is 16.5. The molecule has 0 N–H and O–H groups in total. The molecule has 0 spiro atoms. The first-order valence-corrected chi connectivity index (χ1v) is 8.48. The van der Waals surface area contributed by atoms with Crippen molar-refractivity contribution < 1.29 is 9.53 Å². The van der Waals surface area contributed by atoms with E-state index in [-0.39, 0.29) is 11.9 Å². The van der Waals surface area contributed by atoms with Crippen LogP contribution in [0.1, 0.15) is 27.9 Å². The largest absolute Gasteiger partial charge is 0.373 e. The Kier molecular flexibility index (Phi) is 4.49. The highest BCUT2D eigenvalue weighted by Gasteiger charge is 2.29. The lowest BCUT2D eigenvalue weighted by Gasteiger charge is -2.34. The van der Waals surface area contributed by atoms with Crippen LogP contribution in [0.4, 0.5) is 0 Å². The molecule has 1 amide bonds. The molecule has 4 heterocycles.